The summed E-state index contributed by atoms with van der Waals surface area (Å²) in [6.07, 6.45) is 0. The lowest BCUT2D eigenvalue weighted by Gasteiger charge is -2.07. The lowest BCUT2D eigenvalue weighted by molar-refractivity contribution is 0.100. The minimum Gasteiger partial charge on any atom is -0.365 e. The molecule has 0 unspecified atom stereocenters. The van der Waals surface area contributed by atoms with Crippen molar-refractivity contribution in [2.45, 2.75) is 6.92 Å². The lowest BCUT2D eigenvalue weighted by Crippen LogP contribution is -2.08. The molecule has 9 heteroatoms. The Hall–Kier alpha value is -1.93. The van der Waals surface area contributed by atoms with Crippen molar-refractivity contribution >= 4 is 56.6 Å². The Labute approximate surface area is 159 Å². The fourth-order valence-corrected chi connectivity index (χ4v) is 3.32. The third-order valence-corrected chi connectivity index (χ3v) is 4.95. The molecule has 0 aliphatic heterocycles. The molecule has 0 saturated carbocycles. The first-order chi connectivity index (χ1) is 12.0. The SMILES string of the molecule is CCNc1nc(-c2ccc(Cl)c(Cl)c2)c2cc(C(N)=O)sc2n1.CN. The van der Waals surface area contributed by atoms with E-state index in [9.17, 15) is 4.79 Å². The lowest BCUT2D eigenvalue weighted by atomic mass is 10.1. The first-order valence-corrected chi connectivity index (χ1v) is 8.95. The van der Waals surface area contributed by atoms with Gasteiger partial charge >= 0.3 is 0 Å². The standard InChI is InChI=1S/C15H12Cl2N4OS.CH5N/c1-2-19-15-20-12(7-3-4-9(16)10(17)5-7)8-6-11(13(18)22)23-14(8)21-15;1-2/h3-6H,2H2,1H3,(H2,18,22)(H,19,20,21);2H2,1H3. The van der Waals surface area contributed by atoms with Gasteiger partial charge in [-0.2, -0.15) is 0 Å². The van der Waals surface area contributed by atoms with Gasteiger partial charge in [0.15, 0.2) is 0 Å². The second-order valence-corrected chi connectivity index (χ2v) is 6.59. The quantitative estimate of drug-likeness (QED) is 0.620. The van der Waals surface area contributed by atoms with Crippen LogP contribution in [0.5, 0.6) is 0 Å². The summed E-state index contributed by atoms with van der Waals surface area (Å²) < 4.78 is 0. The van der Waals surface area contributed by atoms with Crippen LogP contribution in [0.25, 0.3) is 21.5 Å². The van der Waals surface area contributed by atoms with Gasteiger partial charge in [0.25, 0.3) is 5.91 Å². The van der Waals surface area contributed by atoms with Crippen molar-refractivity contribution in [3.8, 4) is 11.3 Å². The second kappa shape index (κ2) is 8.44. The first-order valence-electron chi connectivity index (χ1n) is 7.38. The number of rotatable bonds is 4. The molecule has 5 N–H and O–H groups in total. The number of anilines is 1. The maximum absolute atomic E-state index is 11.5. The van der Waals surface area contributed by atoms with Crippen molar-refractivity contribution in [1.82, 2.24) is 9.97 Å². The van der Waals surface area contributed by atoms with Gasteiger partial charge in [-0.05, 0) is 32.2 Å². The topological polar surface area (TPSA) is 107 Å². The van der Waals surface area contributed by atoms with E-state index in [2.05, 4.69) is 21.0 Å². The summed E-state index contributed by atoms with van der Waals surface area (Å²) in [5, 5.41) is 4.74. The Morgan fingerprint density at radius 3 is 2.52 bits per heavy atom. The summed E-state index contributed by atoms with van der Waals surface area (Å²) in [6, 6.07) is 6.98. The van der Waals surface area contributed by atoms with Crippen LogP contribution < -0.4 is 16.8 Å². The Kier molecular flexibility index (Phi) is 6.55. The Balaban J connectivity index is 0.00000109. The van der Waals surface area contributed by atoms with Crippen LogP contribution in [0.4, 0.5) is 5.95 Å². The largest absolute Gasteiger partial charge is 0.365 e. The highest BCUT2D eigenvalue weighted by atomic mass is 35.5. The third-order valence-electron chi connectivity index (χ3n) is 3.16. The van der Waals surface area contributed by atoms with Gasteiger partial charge in [0.05, 0.1) is 20.6 Å². The molecule has 0 spiro atoms. The molecule has 25 heavy (non-hydrogen) atoms. The van der Waals surface area contributed by atoms with Crippen LogP contribution in [-0.2, 0) is 0 Å². The van der Waals surface area contributed by atoms with E-state index in [1.165, 1.54) is 18.4 Å². The van der Waals surface area contributed by atoms with Crippen LogP contribution in [0, 0.1) is 0 Å². The van der Waals surface area contributed by atoms with E-state index >= 15 is 0 Å². The first kappa shape index (κ1) is 19.4. The number of aromatic nitrogens is 2. The van der Waals surface area contributed by atoms with Gasteiger partial charge < -0.3 is 16.8 Å². The second-order valence-electron chi connectivity index (χ2n) is 4.75. The summed E-state index contributed by atoms with van der Waals surface area (Å²) in [6.45, 7) is 2.63. The Bertz CT molecular complexity index is 913. The Morgan fingerprint density at radius 2 is 1.92 bits per heavy atom. The van der Waals surface area contributed by atoms with Crippen molar-refractivity contribution in [1.29, 1.82) is 0 Å². The van der Waals surface area contributed by atoms with Crippen molar-refractivity contribution in [3.63, 3.8) is 0 Å². The van der Waals surface area contributed by atoms with Crippen molar-refractivity contribution in [2.24, 2.45) is 11.5 Å². The van der Waals surface area contributed by atoms with Crippen LogP contribution in [-0.4, -0.2) is 29.5 Å². The molecule has 0 bridgehead atoms. The molecule has 3 rings (SSSR count). The maximum atomic E-state index is 11.5. The van der Waals surface area contributed by atoms with Gasteiger partial charge in [-0.15, -0.1) is 11.3 Å². The van der Waals surface area contributed by atoms with E-state index in [4.69, 9.17) is 28.9 Å². The zero-order chi connectivity index (χ0) is 18.6. The van der Waals surface area contributed by atoms with E-state index in [1.807, 2.05) is 13.0 Å². The highest BCUT2D eigenvalue weighted by Gasteiger charge is 2.16. The van der Waals surface area contributed by atoms with Crippen LogP contribution in [0.3, 0.4) is 0 Å². The molecule has 0 aliphatic rings. The molecular weight excluding hydrogens is 381 g/mol. The normalized spacial score (nSPS) is 10.3. The molecule has 0 fully saturated rings. The summed E-state index contributed by atoms with van der Waals surface area (Å²) >= 11 is 13.3. The number of amides is 1. The zero-order valence-corrected chi connectivity index (χ0v) is 16.0. The van der Waals surface area contributed by atoms with Gasteiger partial charge in [-0.3, -0.25) is 4.79 Å². The van der Waals surface area contributed by atoms with E-state index < -0.39 is 5.91 Å². The summed E-state index contributed by atoms with van der Waals surface area (Å²) in [5.41, 5.74) is 11.3. The fraction of sp³-hybridized carbons (Fsp3) is 0.188. The highest BCUT2D eigenvalue weighted by molar-refractivity contribution is 7.20. The van der Waals surface area contributed by atoms with E-state index in [0.717, 1.165) is 10.9 Å². The van der Waals surface area contributed by atoms with Crippen LogP contribution in [0.2, 0.25) is 10.0 Å². The summed E-state index contributed by atoms with van der Waals surface area (Å²) in [7, 11) is 1.50. The third kappa shape index (κ3) is 4.19. The number of carbonyl (C=O) groups excluding carboxylic acids is 1. The van der Waals surface area contributed by atoms with Gasteiger partial charge in [0, 0.05) is 17.5 Å². The molecule has 1 amide bonds. The number of nitrogens with one attached hydrogen (secondary N) is 1. The van der Waals surface area contributed by atoms with Gasteiger partial charge in [0.2, 0.25) is 5.95 Å². The van der Waals surface area contributed by atoms with Crippen LogP contribution in [0.1, 0.15) is 16.6 Å². The number of benzene rings is 1. The van der Waals surface area contributed by atoms with E-state index in [-0.39, 0.29) is 0 Å². The number of nitrogens with two attached hydrogens (primary N) is 2. The average molecular weight is 398 g/mol. The van der Waals surface area contributed by atoms with Crippen molar-refractivity contribution in [3.05, 3.63) is 39.2 Å². The van der Waals surface area contributed by atoms with Crippen molar-refractivity contribution in [2.75, 3.05) is 18.9 Å². The Morgan fingerprint density at radius 1 is 1.20 bits per heavy atom. The molecule has 132 valence electrons. The number of hydrogen-bond acceptors (Lipinski definition) is 6. The summed E-state index contributed by atoms with van der Waals surface area (Å²) in [5.74, 6) is -0.00275. The molecule has 0 saturated heterocycles. The maximum Gasteiger partial charge on any atom is 0.258 e. The van der Waals surface area contributed by atoms with Crippen LogP contribution in [0.15, 0.2) is 24.3 Å². The molecular formula is C16H17Cl2N5OS. The number of nitrogens with zero attached hydrogens (tertiary/aromatic N) is 2. The minimum atomic E-state index is -0.488. The zero-order valence-electron chi connectivity index (χ0n) is 13.6. The van der Waals surface area contributed by atoms with Gasteiger partial charge in [-0.25, -0.2) is 9.97 Å². The molecule has 1 aromatic carbocycles. The van der Waals surface area contributed by atoms with E-state index in [1.54, 1.807) is 18.2 Å². The van der Waals surface area contributed by atoms with E-state index in [0.29, 0.717) is 37.9 Å². The highest BCUT2D eigenvalue weighted by Crippen LogP contribution is 2.35. The number of halogens is 2. The van der Waals surface area contributed by atoms with Gasteiger partial charge in [-0.1, -0.05) is 29.3 Å². The minimum absolute atomic E-state index is 0.434. The number of fused-ring (bicyclic) bond motifs is 1. The van der Waals surface area contributed by atoms with Crippen LogP contribution >= 0.6 is 34.5 Å². The predicted molar refractivity (Wildman–Crippen MR) is 106 cm³/mol. The monoisotopic (exact) mass is 397 g/mol. The number of hydrogen-bond donors (Lipinski definition) is 3. The molecule has 3 aromatic rings. The van der Waals surface area contributed by atoms with Crippen molar-refractivity contribution < 1.29 is 4.79 Å². The number of carbonyl (C=O) groups is 1. The average Bonchev–Trinajstić information content (AvgIpc) is 3.03. The molecule has 0 atom stereocenters. The smallest absolute Gasteiger partial charge is 0.258 e. The number of primary amides is 1. The molecule has 2 aromatic heterocycles. The number of thiophene rings is 1. The molecule has 6 nitrogen and oxygen atoms in total. The summed E-state index contributed by atoms with van der Waals surface area (Å²) in [4.78, 5) is 21.5. The van der Waals surface area contributed by atoms with Gasteiger partial charge in [0.1, 0.15) is 4.83 Å². The molecule has 0 radical (unpaired) electrons. The fourth-order valence-electron chi connectivity index (χ4n) is 2.14. The molecule has 2 heterocycles. The molecule has 0 aliphatic carbocycles. The predicted octanol–water partition coefficient (Wildman–Crippen LogP) is 3.77.